The van der Waals surface area contributed by atoms with Crippen LogP contribution in [-0.4, -0.2) is 38.6 Å². The summed E-state index contributed by atoms with van der Waals surface area (Å²) >= 11 is 0. The first-order valence-electron chi connectivity index (χ1n) is 5.74. The lowest BCUT2D eigenvalue weighted by Crippen LogP contribution is -2.09. The van der Waals surface area contributed by atoms with Crippen LogP contribution in [0.2, 0.25) is 0 Å². The molecule has 1 aromatic rings. The van der Waals surface area contributed by atoms with E-state index >= 15 is 0 Å². The third-order valence-corrected chi connectivity index (χ3v) is 2.34. The van der Waals surface area contributed by atoms with Crippen molar-refractivity contribution in [3.63, 3.8) is 0 Å². The maximum Gasteiger partial charge on any atom is 0.167 e. The second-order valence-corrected chi connectivity index (χ2v) is 3.69. The molecule has 0 heterocycles. The summed E-state index contributed by atoms with van der Waals surface area (Å²) in [6.45, 7) is 1.55. The van der Waals surface area contributed by atoms with Gasteiger partial charge in [-0.25, -0.2) is 4.39 Å². The van der Waals surface area contributed by atoms with Crippen LogP contribution in [0.4, 0.5) is 15.8 Å². The summed E-state index contributed by atoms with van der Waals surface area (Å²) < 4.78 is 23.3. The molecule has 0 unspecified atom stereocenters. The molecule has 6 heteroatoms. The molecule has 1 rings (SSSR count). The number of nitrogens with one attached hydrogen (secondary N) is 1. The minimum atomic E-state index is -0.480. The number of nitrogen functional groups attached to an aromatic ring is 1. The van der Waals surface area contributed by atoms with Crippen molar-refractivity contribution in [3.05, 3.63) is 17.9 Å². The zero-order valence-corrected chi connectivity index (χ0v) is 10.4. The number of benzene rings is 1. The Hall–Kier alpha value is -1.53. The van der Waals surface area contributed by atoms with E-state index in [1.54, 1.807) is 0 Å². The first-order valence-corrected chi connectivity index (χ1v) is 5.74. The molecular weight excluding hydrogens is 239 g/mol. The molecule has 0 aliphatic carbocycles. The molecular formula is C12H19FN2O3. The second kappa shape index (κ2) is 7.73. The fourth-order valence-corrected chi connectivity index (χ4v) is 1.44. The quantitative estimate of drug-likeness (QED) is 0.483. The highest BCUT2D eigenvalue weighted by Crippen LogP contribution is 2.27. The summed E-state index contributed by atoms with van der Waals surface area (Å²) in [6, 6.07) is 2.75. The summed E-state index contributed by atoms with van der Waals surface area (Å²) in [7, 11) is 1.40. The third kappa shape index (κ3) is 4.38. The van der Waals surface area contributed by atoms with Crippen LogP contribution in [-0.2, 0) is 4.74 Å². The first kappa shape index (κ1) is 14.5. The number of ether oxygens (including phenoxy) is 2. The normalized spacial score (nSPS) is 10.4. The molecule has 0 atom stereocenters. The standard InChI is InChI=1S/C12H19FN2O3/c1-17-12-8-11(10(14)7-9(12)13)15-3-2-5-18-6-4-16/h7-8,15-16H,2-6,14H2,1H3. The number of methoxy groups -OCH3 is 1. The monoisotopic (exact) mass is 258 g/mol. The maximum atomic E-state index is 13.3. The summed E-state index contributed by atoms with van der Waals surface area (Å²) in [5.74, 6) is -0.324. The Labute approximate surface area is 106 Å². The zero-order valence-electron chi connectivity index (χ0n) is 10.4. The summed E-state index contributed by atoms with van der Waals surface area (Å²) in [5, 5.41) is 11.6. The fourth-order valence-electron chi connectivity index (χ4n) is 1.44. The minimum absolute atomic E-state index is 0.0234. The van der Waals surface area contributed by atoms with Gasteiger partial charge in [-0.15, -0.1) is 0 Å². The van der Waals surface area contributed by atoms with E-state index in [9.17, 15) is 4.39 Å². The molecule has 0 saturated carbocycles. The van der Waals surface area contributed by atoms with E-state index in [1.165, 1.54) is 19.2 Å². The third-order valence-electron chi connectivity index (χ3n) is 2.34. The Bertz CT molecular complexity index is 375. The maximum absolute atomic E-state index is 13.3. The molecule has 0 saturated heterocycles. The van der Waals surface area contributed by atoms with Crippen molar-refractivity contribution in [2.24, 2.45) is 0 Å². The number of hydrogen-bond donors (Lipinski definition) is 3. The van der Waals surface area contributed by atoms with Gasteiger partial charge in [-0.2, -0.15) is 0 Å². The van der Waals surface area contributed by atoms with E-state index in [-0.39, 0.29) is 12.4 Å². The smallest absolute Gasteiger partial charge is 0.167 e. The van der Waals surface area contributed by atoms with E-state index in [0.717, 1.165) is 6.42 Å². The van der Waals surface area contributed by atoms with E-state index in [2.05, 4.69) is 5.32 Å². The van der Waals surface area contributed by atoms with Crippen LogP contribution in [0, 0.1) is 5.82 Å². The minimum Gasteiger partial charge on any atom is -0.494 e. The van der Waals surface area contributed by atoms with Gasteiger partial charge < -0.3 is 25.6 Å². The Morgan fingerprint density at radius 1 is 1.39 bits per heavy atom. The number of nitrogens with two attached hydrogens (primary N) is 1. The Balaban J connectivity index is 2.42. The van der Waals surface area contributed by atoms with Crippen LogP contribution in [0.1, 0.15) is 6.42 Å². The van der Waals surface area contributed by atoms with Crippen molar-refractivity contribution in [3.8, 4) is 5.75 Å². The van der Waals surface area contributed by atoms with E-state index in [4.69, 9.17) is 20.3 Å². The fraction of sp³-hybridized carbons (Fsp3) is 0.500. The molecule has 18 heavy (non-hydrogen) atoms. The lowest BCUT2D eigenvalue weighted by Gasteiger charge is -2.11. The predicted octanol–water partition coefficient (Wildman–Crippen LogP) is 1.23. The lowest BCUT2D eigenvalue weighted by atomic mass is 10.2. The summed E-state index contributed by atoms with van der Waals surface area (Å²) in [5.41, 5.74) is 6.66. The molecule has 5 nitrogen and oxygen atoms in total. The number of anilines is 2. The van der Waals surface area contributed by atoms with E-state index in [0.29, 0.717) is 31.1 Å². The van der Waals surface area contributed by atoms with Crippen LogP contribution in [0.5, 0.6) is 5.75 Å². The zero-order chi connectivity index (χ0) is 13.4. The SMILES string of the molecule is COc1cc(NCCCOCCO)c(N)cc1F. The van der Waals surface area contributed by atoms with Crippen LogP contribution < -0.4 is 15.8 Å². The highest BCUT2D eigenvalue weighted by atomic mass is 19.1. The first-order chi connectivity index (χ1) is 8.69. The molecule has 0 aliphatic rings. The van der Waals surface area contributed by atoms with E-state index in [1.807, 2.05) is 0 Å². The molecule has 1 aromatic carbocycles. The summed E-state index contributed by atoms with van der Waals surface area (Å²) in [6.07, 6.45) is 0.763. The van der Waals surface area contributed by atoms with Crippen LogP contribution in [0.25, 0.3) is 0 Å². The van der Waals surface area contributed by atoms with Crippen molar-refractivity contribution in [2.75, 3.05) is 44.5 Å². The van der Waals surface area contributed by atoms with Gasteiger partial charge >= 0.3 is 0 Å². The predicted molar refractivity (Wildman–Crippen MR) is 68.4 cm³/mol. The van der Waals surface area contributed by atoms with Gasteiger partial charge in [0.2, 0.25) is 0 Å². The van der Waals surface area contributed by atoms with Gasteiger partial charge in [0.15, 0.2) is 11.6 Å². The number of aliphatic hydroxyl groups excluding tert-OH is 1. The second-order valence-electron chi connectivity index (χ2n) is 3.69. The van der Waals surface area contributed by atoms with Gasteiger partial charge in [-0.3, -0.25) is 0 Å². The van der Waals surface area contributed by atoms with Crippen molar-refractivity contribution < 1.29 is 19.0 Å². The van der Waals surface area contributed by atoms with Crippen molar-refractivity contribution >= 4 is 11.4 Å². The van der Waals surface area contributed by atoms with Crippen molar-refractivity contribution in [1.29, 1.82) is 0 Å². The average Bonchev–Trinajstić information content (AvgIpc) is 2.36. The molecule has 0 bridgehead atoms. The molecule has 0 amide bonds. The Morgan fingerprint density at radius 3 is 2.83 bits per heavy atom. The number of rotatable bonds is 8. The van der Waals surface area contributed by atoms with Crippen molar-refractivity contribution in [1.82, 2.24) is 0 Å². The lowest BCUT2D eigenvalue weighted by molar-refractivity contribution is 0.0922. The molecule has 102 valence electrons. The highest BCUT2D eigenvalue weighted by Gasteiger charge is 2.07. The summed E-state index contributed by atoms with van der Waals surface area (Å²) in [4.78, 5) is 0. The van der Waals surface area contributed by atoms with Crippen molar-refractivity contribution in [2.45, 2.75) is 6.42 Å². The Morgan fingerprint density at radius 2 is 2.17 bits per heavy atom. The largest absolute Gasteiger partial charge is 0.494 e. The Kier molecular flexibility index (Phi) is 6.24. The molecule has 0 aromatic heterocycles. The van der Waals surface area contributed by atoms with Crippen LogP contribution in [0.3, 0.4) is 0 Å². The number of aliphatic hydroxyl groups is 1. The van der Waals surface area contributed by atoms with Gasteiger partial charge in [-0.05, 0) is 6.42 Å². The van der Waals surface area contributed by atoms with Gasteiger partial charge in [0.25, 0.3) is 0 Å². The number of hydrogen-bond acceptors (Lipinski definition) is 5. The molecule has 0 radical (unpaired) electrons. The van der Waals surface area contributed by atoms with Gasteiger partial charge in [0, 0.05) is 25.3 Å². The van der Waals surface area contributed by atoms with Gasteiger partial charge in [0.1, 0.15) is 0 Å². The molecule has 0 fully saturated rings. The topological polar surface area (TPSA) is 76.7 Å². The van der Waals surface area contributed by atoms with Crippen LogP contribution in [0.15, 0.2) is 12.1 Å². The van der Waals surface area contributed by atoms with Gasteiger partial charge in [0.05, 0.1) is 31.7 Å². The highest BCUT2D eigenvalue weighted by molar-refractivity contribution is 5.68. The van der Waals surface area contributed by atoms with Crippen LogP contribution >= 0.6 is 0 Å². The molecule has 0 spiro atoms. The average molecular weight is 258 g/mol. The molecule has 4 N–H and O–H groups in total. The van der Waals surface area contributed by atoms with Gasteiger partial charge in [-0.1, -0.05) is 0 Å². The number of halogens is 1. The molecule has 0 aliphatic heterocycles. The van der Waals surface area contributed by atoms with E-state index < -0.39 is 5.82 Å².